The van der Waals surface area contributed by atoms with Gasteiger partial charge in [-0.15, -0.1) is 0 Å². The Morgan fingerprint density at radius 3 is 2.13 bits per heavy atom. The SMILES string of the molecule is CCOC(=O)c1c(C)[nH]c(-c2cc(C)c(C(F)(F)F)nc2Oc2ccc(F)c(F)c2C)c(C(=O)OCC)c1=O. The Morgan fingerprint density at radius 2 is 1.56 bits per heavy atom. The van der Waals surface area contributed by atoms with Gasteiger partial charge < -0.3 is 19.2 Å². The highest BCUT2D eigenvalue weighted by molar-refractivity contribution is 6.00. The molecule has 0 aliphatic rings. The van der Waals surface area contributed by atoms with E-state index in [-0.39, 0.29) is 41.5 Å². The lowest BCUT2D eigenvalue weighted by Crippen LogP contribution is -2.28. The van der Waals surface area contributed by atoms with Crippen molar-refractivity contribution in [2.75, 3.05) is 13.2 Å². The summed E-state index contributed by atoms with van der Waals surface area (Å²) in [6.07, 6.45) is -4.94. The van der Waals surface area contributed by atoms with Crippen molar-refractivity contribution in [2.45, 2.75) is 40.8 Å². The summed E-state index contributed by atoms with van der Waals surface area (Å²) in [6.45, 7) is 6.24. The first-order chi connectivity index (χ1) is 18.2. The van der Waals surface area contributed by atoms with Gasteiger partial charge in [0.2, 0.25) is 11.3 Å². The quantitative estimate of drug-likeness (QED) is 0.290. The maximum absolute atomic E-state index is 14.2. The second kappa shape index (κ2) is 11.2. The van der Waals surface area contributed by atoms with Crippen LogP contribution in [0.15, 0.2) is 23.0 Å². The fourth-order valence-electron chi connectivity index (χ4n) is 3.76. The monoisotopic (exact) mass is 554 g/mol. The summed E-state index contributed by atoms with van der Waals surface area (Å²) in [7, 11) is 0. The van der Waals surface area contributed by atoms with Crippen LogP contribution in [0, 0.1) is 32.4 Å². The molecule has 39 heavy (non-hydrogen) atoms. The number of nitrogens with one attached hydrogen (secondary N) is 1. The zero-order chi connectivity index (χ0) is 29.2. The van der Waals surface area contributed by atoms with Crippen LogP contribution < -0.4 is 10.2 Å². The first kappa shape index (κ1) is 29.3. The van der Waals surface area contributed by atoms with Gasteiger partial charge in [-0.1, -0.05) is 0 Å². The summed E-state index contributed by atoms with van der Waals surface area (Å²) < 4.78 is 84.5. The van der Waals surface area contributed by atoms with Crippen LogP contribution in [0.4, 0.5) is 22.0 Å². The molecule has 8 nitrogen and oxygen atoms in total. The molecule has 0 unspecified atom stereocenters. The number of alkyl halides is 3. The molecule has 0 radical (unpaired) electrons. The Kier molecular flexibility index (Phi) is 8.42. The third-order valence-corrected chi connectivity index (χ3v) is 5.56. The Balaban J connectivity index is 2.42. The van der Waals surface area contributed by atoms with Gasteiger partial charge in [-0.3, -0.25) is 4.79 Å². The maximum atomic E-state index is 14.2. The smallest absolute Gasteiger partial charge is 0.433 e. The van der Waals surface area contributed by atoms with Crippen molar-refractivity contribution in [3.8, 4) is 22.9 Å². The number of nitrogens with zero attached hydrogens (tertiary/aromatic N) is 1. The van der Waals surface area contributed by atoms with Crippen molar-refractivity contribution in [1.29, 1.82) is 0 Å². The molecule has 0 amide bonds. The van der Waals surface area contributed by atoms with Crippen LogP contribution in [0.25, 0.3) is 11.3 Å². The Bertz CT molecular complexity index is 1510. The van der Waals surface area contributed by atoms with Crippen molar-refractivity contribution in [3.05, 3.63) is 73.7 Å². The second-order valence-corrected chi connectivity index (χ2v) is 8.24. The van der Waals surface area contributed by atoms with E-state index in [4.69, 9.17) is 14.2 Å². The minimum atomic E-state index is -4.94. The fourth-order valence-corrected chi connectivity index (χ4v) is 3.76. The number of rotatable bonds is 7. The molecule has 0 saturated heterocycles. The van der Waals surface area contributed by atoms with Crippen LogP contribution in [0.2, 0.25) is 0 Å². The van der Waals surface area contributed by atoms with Crippen molar-refractivity contribution in [3.63, 3.8) is 0 Å². The van der Waals surface area contributed by atoms with Gasteiger partial charge in [0.1, 0.15) is 16.9 Å². The molecule has 0 aliphatic carbocycles. The fraction of sp³-hybridized carbons (Fsp3) is 0.308. The minimum absolute atomic E-state index is 0.0750. The first-order valence-corrected chi connectivity index (χ1v) is 11.6. The average Bonchev–Trinajstić information content (AvgIpc) is 2.84. The van der Waals surface area contributed by atoms with Crippen LogP contribution in [0.5, 0.6) is 11.6 Å². The molecule has 3 aromatic rings. The molecule has 0 spiro atoms. The lowest BCUT2D eigenvalue weighted by atomic mass is 10.00. The van der Waals surface area contributed by atoms with E-state index in [0.717, 1.165) is 26.0 Å². The number of aryl methyl sites for hydroxylation is 2. The molecule has 2 heterocycles. The molecular weight excluding hydrogens is 531 g/mol. The van der Waals surface area contributed by atoms with E-state index in [2.05, 4.69) is 9.97 Å². The van der Waals surface area contributed by atoms with Gasteiger partial charge >= 0.3 is 18.1 Å². The van der Waals surface area contributed by atoms with Crippen LogP contribution in [-0.2, 0) is 15.7 Å². The topological polar surface area (TPSA) is 108 Å². The zero-order valence-electron chi connectivity index (χ0n) is 21.4. The summed E-state index contributed by atoms with van der Waals surface area (Å²) in [5, 5.41) is 0. The Labute approximate surface area is 218 Å². The zero-order valence-corrected chi connectivity index (χ0v) is 21.4. The highest BCUT2D eigenvalue weighted by atomic mass is 19.4. The maximum Gasteiger partial charge on any atom is 0.433 e. The molecule has 0 bridgehead atoms. The number of halogens is 5. The van der Waals surface area contributed by atoms with Crippen LogP contribution >= 0.6 is 0 Å². The number of hydrogen-bond acceptors (Lipinski definition) is 7. The number of H-pyrrole nitrogens is 1. The molecule has 0 aliphatic heterocycles. The van der Waals surface area contributed by atoms with Crippen LogP contribution in [0.1, 0.15) is 57.1 Å². The average molecular weight is 554 g/mol. The molecular formula is C26H23F5N2O6. The van der Waals surface area contributed by atoms with Gasteiger partial charge in [-0.05, 0) is 58.4 Å². The van der Waals surface area contributed by atoms with Crippen LogP contribution in [-0.4, -0.2) is 35.1 Å². The number of carbonyl (C=O) groups excluding carboxylic acids is 2. The summed E-state index contributed by atoms with van der Waals surface area (Å²) in [5.41, 5.74) is -5.25. The molecule has 0 saturated carbocycles. The number of aromatic nitrogens is 2. The van der Waals surface area contributed by atoms with Crippen molar-refractivity contribution in [1.82, 2.24) is 9.97 Å². The third kappa shape index (κ3) is 5.76. The van der Waals surface area contributed by atoms with E-state index < -0.39 is 63.4 Å². The van der Waals surface area contributed by atoms with Crippen molar-refractivity contribution < 1.29 is 45.8 Å². The van der Waals surface area contributed by atoms with E-state index >= 15 is 0 Å². The number of pyridine rings is 2. The van der Waals surface area contributed by atoms with Gasteiger partial charge in [0.25, 0.3) is 0 Å². The predicted octanol–water partition coefficient (Wildman–Crippen LogP) is 5.80. The Morgan fingerprint density at radius 1 is 0.974 bits per heavy atom. The summed E-state index contributed by atoms with van der Waals surface area (Å²) in [6, 6.07) is 2.65. The summed E-state index contributed by atoms with van der Waals surface area (Å²) >= 11 is 0. The van der Waals surface area contributed by atoms with Gasteiger partial charge in [0.15, 0.2) is 17.3 Å². The predicted molar refractivity (Wildman–Crippen MR) is 128 cm³/mol. The standard InChI is InChI=1S/C26H23F5N2O6/c1-6-37-24(35)17-13(5)32-20(18(21(17)34)25(36)38-7-2)14-10-11(3)22(26(29,30)31)33-23(14)39-16-9-8-15(27)19(28)12(16)4/h8-10H,6-7H2,1-5H3,(H,32,34). The molecule has 1 aromatic carbocycles. The number of esters is 2. The minimum Gasteiger partial charge on any atom is -0.462 e. The lowest BCUT2D eigenvalue weighted by molar-refractivity contribution is -0.141. The van der Waals surface area contributed by atoms with Gasteiger partial charge in [-0.2, -0.15) is 13.2 Å². The highest BCUT2D eigenvalue weighted by Gasteiger charge is 2.37. The number of ether oxygens (including phenoxy) is 3. The number of hydrogen-bond donors (Lipinski definition) is 1. The molecule has 3 rings (SSSR count). The molecule has 208 valence electrons. The second-order valence-electron chi connectivity index (χ2n) is 8.24. The largest absolute Gasteiger partial charge is 0.462 e. The molecule has 2 aromatic heterocycles. The van der Waals surface area contributed by atoms with E-state index in [1.54, 1.807) is 0 Å². The van der Waals surface area contributed by atoms with E-state index in [1.807, 2.05) is 0 Å². The van der Waals surface area contributed by atoms with E-state index in [0.29, 0.717) is 6.07 Å². The summed E-state index contributed by atoms with van der Waals surface area (Å²) in [5.74, 6) is -5.90. The van der Waals surface area contributed by atoms with Crippen molar-refractivity contribution >= 4 is 11.9 Å². The highest BCUT2D eigenvalue weighted by Crippen LogP contribution is 2.40. The Hall–Kier alpha value is -4.29. The van der Waals surface area contributed by atoms with Gasteiger partial charge in [0, 0.05) is 11.3 Å². The molecule has 13 heteroatoms. The number of benzene rings is 1. The van der Waals surface area contributed by atoms with E-state index in [9.17, 15) is 36.3 Å². The van der Waals surface area contributed by atoms with Crippen molar-refractivity contribution in [2.24, 2.45) is 0 Å². The molecule has 0 fully saturated rings. The number of aromatic amines is 1. The van der Waals surface area contributed by atoms with Gasteiger partial charge in [-0.25, -0.2) is 23.4 Å². The first-order valence-electron chi connectivity index (χ1n) is 11.6. The normalized spacial score (nSPS) is 11.3. The van der Waals surface area contributed by atoms with E-state index in [1.165, 1.54) is 20.8 Å². The third-order valence-electron chi connectivity index (χ3n) is 5.56. The van der Waals surface area contributed by atoms with Gasteiger partial charge in [0.05, 0.1) is 24.5 Å². The summed E-state index contributed by atoms with van der Waals surface area (Å²) in [4.78, 5) is 45.0. The molecule has 1 N–H and O–H groups in total. The number of carbonyl (C=O) groups is 2. The van der Waals surface area contributed by atoms with Crippen LogP contribution in [0.3, 0.4) is 0 Å². The lowest BCUT2D eigenvalue weighted by Gasteiger charge is -2.19. The molecule has 0 atom stereocenters.